The normalized spacial score (nSPS) is 21.9. The Labute approximate surface area is 191 Å². The van der Waals surface area contributed by atoms with Crippen LogP contribution in [0.15, 0.2) is 47.0 Å². The predicted molar refractivity (Wildman–Crippen MR) is 125 cm³/mol. The number of rotatable bonds is 4. The average molecular weight is 447 g/mol. The molecule has 1 saturated carbocycles. The van der Waals surface area contributed by atoms with Crippen molar-refractivity contribution in [3.8, 4) is 0 Å². The number of aliphatic hydroxyl groups excluding tert-OH is 1. The van der Waals surface area contributed by atoms with Crippen molar-refractivity contribution in [1.82, 2.24) is 9.88 Å². The lowest BCUT2D eigenvalue weighted by Crippen LogP contribution is -2.52. The molecule has 3 N–H and O–H groups in total. The Bertz CT molecular complexity index is 1270. The Morgan fingerprint density at radius 1 is 1.36 bits per heavy atom. The Hall–Kier alpha value is -3.65. The van der Waals surface area contributed by atoms with Gasteiger partial charge in [-0.05, 0) is 43.5 Å². The van der Waals surface area contributed by atoms with Crippen LogP contribution in [0, 0.1) is 12.3 Å². The SMILES string of the molecule is Cc1c(CN(C)C(=O)/C=C/c2cnc3c(c2)NCC2(CC(O)C2)C(=O)N3)oc2ccccc12. The number of benzene rings is 1. The minimum atomic E-state index is -0.594. The molecule has 1 aliphatic heterocycles. The molecule has 33 heavy (non-hydrogen) atoms. The zero-order chi connectivity index (χ0) is 23.2. The number of hydrogen-bond donors (Lipinski definition) is 3. The molecule has 3 aromatic rings. The number of amides is 2. The molecule has 1 aliphatic carbocycles. The molecule has 1 fully saturated rings. The molecular weight excluding hydrogens is 420 g/mol. The number of carbonyl (C=O) groups is 2. The monoisotopic (exact) mass is 446 g/mol. The quantitative estimate of drug-likeness (QED) is 0.531. The first-order valence-corrected chi connectivity index (χ1v) is 11.0. The van der Waals surface area contributed by atoms with Crippen LogP contribution in [-0.2, 0) is 16.1 Å². The van der Waals surface area contributed by atoms with Crippen LogP contribution in [0.3, 0.4) is 0 Å². The van der Waals surface area contributed by atoms with E-state index in [2.05, 4.69) is 15.6 Å². The predicted octanol–water partition coefficient (Wildman–Crippen LogP) is 3.31. The molecule has 8 nitrogen and oxygen atoms in total. The summed E-state index contributed by atoms with van der Waals surface area (Å²) in [7, 11) is 1.73. The van der Waals surface area contributed by atoms with Crippen molar-refractivity contribution in [2.75, 3.05) is 24.2 Å². The molecule has 2 aromatic heterocycles. The van der Waals surface area contributed by atoms with Crippen molar-refractivity contribution in [1.29, 1.82) is 0 Å². The second-order valence-corrected chi connectivity index (χ2v) is 8.99. The highest BCUT2D eigenvalue weighted by atomic mass is 16.3. The van der Waals surface area contributed by atoms with E-state index in [1.54, 1.807) is 24.2 Å². The van der Waals surface area contributed by atoms with Gasteiger partial charge in [-0.2, -0.15) is 0 Å². The maximum absolute atomic E-state index is 12.7. The molecule has 0 unspecified atom stereocenters. The van der Waals surface area contributed by atoms with E-state index in [-0.39, 0.29) is 11.8 Å². The zero-order valence-electron chi connectivity index (χ0n) is 18.6. The van der Waals surface area contributed by atoms with Crippen molar-refractivity contribution in [3.63, 3.8) is 0 Å². The third-order valence-corrected chi connectivity index (χ3v) is 6.61. The fourth-order valence-corrected chi connectivity index (χ4v) is 4.53. The molecule has 170 valence electrons. The van der Waals surface area contributed by atoms with E-state index in [9.17, 15) is 14.7 Å². The van der Waals surface area contributed by atoms with Gasteiger partial charge in [-0.1, -0.05) is 18.2 Å². The number of aromatic nitrogens is 1. The van der Waals surface area contributed by atoms with Gasteiger partial charge in [0.05, 0.1) is 23.8 Å². The minimum absolute atomic E-state index is 0.118. The van der Waals surface area contributed by atoms with Gasteiger partial charge in [-0.3, -0.25) is 9.59 Å². The number of nitrogens with zero attached hydrogens (tertiary/aromatic N) is 2. The van der Waals surface area contributed by atoms with Crippen LogP contribution in [0.25, 0.3) is 17.0 Å². The molecular formula is C25H26N4O4. The third-order valence-electron chi connectivity index (χ3n) is 6.61. The Balaban J connectivity index is 1.26. The van der Waals surface area contributed by atoms with E-state index >= 15 is 0 Å². The molecule has 8 heteroatoms. The van der Waals surface area contributed by atoms with Gasteiger partial charge in [0.2, 0.25) is 11.8 Å². The number of pyridine rings is 1. The van der Waals surface area contributed by atoms with Gasteiger partial charge in [0.25, 0.3) is 0 Å². The van der Waals surface area contributed by atoms with Crippen LogP contribution in [0.1, 0.15) is 29.7 Å². The number of fused-ring (bicyclic) bond motifs is 2. The molecule has 3 heterocycles. The molecule has 2 amide bonds. The first-order chi connectivity index (χ1) is 15.8. The summed E-state index contributed by atoms with van der Waals surface area (Å²) in [5, 5.41) is 16.9. The second kappa shape index (κ2) is 8.04. The average Bonchev–Trinajstić information content (AvgIpc) is 3.02. The number of hydrogen-bond acceptors (Lipinski definition) is 6. The molecule has 1 spiro atoms. The highest BCUT2D eigenvalue weighted by molar-refractivity contribution is 6.00. The number of aryl methyl sites for hydroxylation is 1. The molecule has 0 bridgehead atoms. The summed E-state index contributed by atoms with van der Waals surface area (Å²) >= 11 is 0. The largest absolute Gasteiger partial charge is 0.459 e. The fraction of sp³-hybridized carbons (Fsp3) is 0.320. The van der Waals surface area contributed by atoms with Gasteiger partial charge in [-0.25, -0.2) is 4.98 Å². The second-order valence-electron chi connectivity index (χ2n) is 8.99. The van der Waals surface area contributed by atoms with Crippen molar-refractivity contribution >= 4 is 40.4 Å². The van der Waals surface area contributed by atoms with Crippen LogP contribution in [0.2, 0.25) is 0 Å². The topological polar surface area (TPSA) is 108 Å². The van der Waals surface area contributed by atoms with Crippen molar-refractivity contribution in [2.45, 2.75) is 32.4 Å². The lowest BCUT2D eigenvalue weighted by Gasteiger charge is -2.42. The summed E-state index contributed by atoms with van der Waals surface area (Å²) in [6.07, 6.45) is 5.27. The molecule has 0 saturated heterocycles. The van der Waals surface area contributed by atoms with Gasteiger partial charge in [0.15, 0.2) is 5.82 Å². The number of nitrogens with one attached hydrogen (secondary N) is 2. The van der Waals surface area contributed by atoms with Crippen LogP contribution in [0.4, 0.5) is 11.5 Å². The maximum Gasteiger partial charge on any atom is 0.246 e. The minimum Gasteiger partial charge on any atom is -0.459 e. The van der Waals surface area contributed by atoms with Crippen LogP contribution in [-0.4, -0.2) is 46.5 Å². The summed E-state index contributed by atoms with van der Waals surface area (Å²) in [6.45, 7) is 2.81. The van der Waals surface area contributed by atoms with E-state index in [0.717, 1.165) is 27.9 Å². The summed E-state index contributed by atoms with van der Waals surface area (Å²) in [4.78, 5) is 31.2. The highest BCUT2D eigenvalue weighted by Gasteiger charge is 2.50. The van der Waals surface area contributed by atoms with Gasteiger partial charge in [0, 0.05) is 36.8 Å². The summed E-state index contributed by atoms with van der Waals surface area (Å²) in [5.41, 5.74) is 2.69. The lowest BCUT2D eigenvalue weighted by molar-refractivity contribution is -0.136. The Morgan fingerprint density at radius 3 is 2.91 bits per heavy atom. The standard InChI is InChI=1S/C25H26N4O4/c1-15-18-5-3-4-6-20(18)33-21(15)13-29(2)22(31)8-7-16-9-19-23(26-12-16)28-24(32)25(14-27-19)10-17(30)11-25/h3-9,12,17,27,30H,10-11,13-14H2,1-2H3,(H,26,28,32)/b8-7+. The van der Waals surface area contributed by atoms with Crippen LogP contribution >= 0.6 is 0 Å². The number of likely N-dealkylation sites (N-methyl/N-ethyl adjacent to an activating group) is 1. The number of anilines is 2. The smallest absolute Gasteiger partial charge is 0.246 e. The summed E-state index contributed by atoms with van der Waals surface area (Å²) in [5.74, 6) is 0.947. The van der Waals surface area contributed by atoms with E-state index in [0.29, 0.717) is 37.4 Å². The van der Waals surface area contributed by atoms with Crippen LogP contribution < -0.4 is 10.6 Å². The van der Waals surface area contributed by atoms with E-state index < -0.39 is 11.5 Å². The van der Waals surface area contributed by atoms with E-state index in [1.165, 1.54) is 6.08 Å². The highest BCUT2D eigenvalue weighted by Crippen LogP contribution is 2.44. The first kappa shape index (κ1) is 21.2. The Morgan fingerprint density at radius 2 is 2.15 bits per heavy atom. The summed E-state index contributed by atoms with van der Waals surface area (Å²) in [6, 6.07) is 9.68. The Kier molecular flexibility index (Phi) is 5.17. The molecule has 1 aromatic carbocycles. The number of carbonyl (C=O) groups excluding carboxylic acids is 2. The van der Waals surface area contributed by atoms with Gasteiger partial charge < -0.3 is 25.1 Å². The number of aliphatic hydroxyl groups is 1. The maximum atomic E-state index is 12.7. The van der Waals surface area contributed by atoms with Gasteiger partial charge in [0.1, 0.15) is 11.3 Å². The fourth-order valence-electron chi connectivity index (χ4n) is 4.53. The van der Waals surface area contributed by atoms with Crippen LogP contribution in [0.5, 0.6) is 0 Å². The zero-order valence-corrected chi connectivity index (χ0v) is 18.6. The van der Waals surface area contributed by atoms with E-state index in [4.69, 9.17) is 4.42 Å². The molecule has 5 rings (SSSR count). The third kappa shape index (κ3) is 3.87. The first-order valence-electron chi connectivity index (χ1n) is 11.0. The van der Waals surface area contributed by atoms with E-state index in [1.807, 2.05) is 37.3 Å². The molecule has 0 atom stereocenters. The lowest BCUT2D eigenvalue weighted by atomic mass is 9.66. The van der Waals surface area contributed by atoms with Gasteiger partial charge >= 0.3 is 0 Å². The van der Waals surface area contributed by atoms with Gasteiger partial charge in [-0.15, -0.1) is 0 Å². The van der Waals surface area contributed by atoms with Crippen molar-refractivity contribution in [2.24, 2.45) is 5.41 Å². The number of furan rings is 1. The summed E-state index contributed by atoms with van der Waals surface area (Å²) < 4.78 is 5.92. The van der Waals surface area contributed by atoms with Crippen molar-refractivity contribution < 1.29 is 19.1 Å². The van der Waals surface area contributed by atoms with Crippen molar-refractivity contribution in [3.05, 3.63) is 59.5 Å². The number of para-hydroxylation sites is 1. The molecule has 0 radical (unpaired) electrons. The molecule has 2 aliphatic rings.